The zero-order valence-electron chi connectivity index (χ0n) is 11.8. The van der Waals surface area contributed by atoms with Crippen LogP contribution in [0.25, 0.3) is 0 Å². The van der Waals surface area contributed by atoms with Crippen molar-refractivity contribution in [2.45, 2.75) is 52.5 Å². The summed E-state index contributed by atoms with van der Waals surface area (Å²) in [5, 5.41) is 3.12. The summed E-state index contributed by atoms with van der Waals surface area (Å²) in [6.45, 7) is 6.05. The van der Waals surface area contributed by atoms with Gasteiger partial charge in [-0.3, -0.25) is 4.79 Å². The van der Waals surface area contributed by atoms with E-state index in [1.807, 2.05) is 16.8 Å². The minimum absolute atomic E-state index is 0.0570. The Bertz CT molecular complexity index is 449. The van der Waals surface area contributed by atoms with Crippen molar-refractivity contribution >= 4 is 21.8 Å². The van der Waals surface area contributed by atoms with E-state index >= 15 is 0 Å². The van der Waals surface area contributed by atoms with Crippen molar-refractivity contribution in [3.05, 3.63) is 22.4 Å². The summed E-state index contributed by atoms with van der Waals surface area (Å²) in [6.07, 6.45) is 7.97. The Labute approximate surface area is 123 Å². The van der Waals surface area contributed by atoms with E-state index in [9.17, 15) is 4.79 Å². The number of aromatic nitrogens is 1. The zero-order chi connectivity index (χ0) is 13.9. The van der Waals surface area contributed by atoms with Crippen LogP contribution in [0.1, 0.15) is 56.4 Å². The van der Waals surface area contributed by atoms with Crippen LogP contribution in [-0.4, -0.2) is 17.0 Å². The first-order valence-corrected chi connectivity index (χ1v) is 8.03. The Morgan fingerprint density at radius 3 is 2.74 bits per heavy atom. The number of carbonyl (C=O) groups is 1. The average Bonchev–Trinajstić information content (AvgIpc) is 3.04. The van der Waals surface area contributed by atoms with Gasteiger partial charge in [-0.05, 0) is 53.1 Å². The van der Waals surface area contributed by atoms with Gasteiger partial charge >= 0.3 is 0 Å². The number of nitrogens with one attached hydrogen (secondary N) is 1. The van der Waals surface area contributed by atoms with E-state index in [0.29, 0.717) is 5.41 Å². The first kappa shape index (κ1) is 14.6. The van der Waals surface area contributed by atoms with E-state index in [-0.39, 0.29) is 5.91 Å². The molecule has 1 N–H and O–H groups in total. The van der Waals surface area contributed by atoms with Gasteiger partial charge in [0, 0.05) is 23.8 Å². The van der Waals surface area contributed by atoms with Gasteiger partial charge in [0.25, 0.3) is 5.91 Å². The van der Waals surface area contributed by atoms with Gasteiger partial charge in [-0.25, -0.2) is 0 Å². The van der Waals surface area contributed by atoms with Crippen LogP contribution in [0.3, 0.4) is 0 Å². The molecule has 0 aliphatic heterocycles. The highest BCUT2D eigenvalue weighted by Gasteiger charge is 2.41. The lowest BCUT2D eigenvalue weighted by Crippen LogP contribution is -2.31. The summed E-state index contributed by atoms with van der Waals surface area (Å²) < 4.78 is 3.00. The van der Waals surface area contributed by atoms with E-state index in [0.717, 1.165) is 29.7 Å². The molecule has 1 aliphatic carbocycles. The van der Waals surface area contributed by atoms with Gasteiger partial charge in [0.05, 0.1) is 0 Å². The predicted molar refractivity (Wildman–Crippen MR) is 81.3 cm³/mol. The van der Waals surface area contributed by atoms with Crippen molar-refractivity contribution in [2.75, 3.05) is 6.54 Å². The Morgan fingerprint density at radius 1 is 1.42 bits per heavy atom. The van der Waals surface area contributed by atoms with E-state index in [1.54, 1.807) is 0 Å². The number of carbonyl (C=O) groups excluding carboxylic acids is 1. The Morgan fingerprint density at radius 2 is 2.16 bits per heavy atom. The molecule has 0 atom stereocenters. The summed E-state index contributed by atoms with van der Waals surface area (Å²) >= 11 is 3.45. The topological polar surface area (TPSA) is 34.0 Å². The van der Waals surface area contributed by atoms with Crippen LogP contribution in [0.5, 0.6) is 0 Å². The van der Waals surface area contributed by atoms with Crippen LogP contribution in [0.15, 0.2) is 16.7 Å². The largest absolute Gasteiger partial charge is 0.350 e. The van der Waals surface area contributed by atoms with Crippen LogP contribution in [0.4, 0.5) is 0 Å². The fourth-order valence-electron chi connectivity index (χ4n) is 2.67. The van der Waals surface area contributed by atoms with Gasteiger partial charge < -0.3 is 9.88 Å². The van der Waals surface area contributed by atoms with E-state index in [2.05, 4.69) is 35.1 Å². The number of nitrogens with zero attached hydrogens (tertiary/aromatic N) is 1. The molecule has 3 nitrogen and oxygen atoms in total. The van der Waals surface area contributed by atoms with Crippen molar-refractivity contribution in [3.8, 4) is 0 Å². The molecular weight excluding hydrogens is 304 g/mol. The van der Waals surface area contributed by atoms with Crippen LogP contribution in [0.2, 0.25) is 0 Å². The highest BCUT2D eigenvalue weighted by atomic mass is 79.9. The molecule has 0 unspecified atom stereocenters. The van der Waals surface area contributed by atoms with Gasteiger partial charge in [0.15, 0.2) is 0 Å². The molecule has 1 aromatic rings. The monoisotopic (exact) mass is 326 g/mol. The molecule has 1 aliphatic rings. The van der Waals surface area contributed by atoms with Crippen LogP contribution in [-0.2, 0) is 6.54 Å². The second kappa shape index (κ2) is 6.12. The lowest BCUT2D eigenvalue weighted by atomic mass is 10.0. The maximum atomic E-state index is 12.3. The molecule has 0 aromatic carbocycles. The molecule has 106 valence electrons. The molecular formula is C15H23BrN2O. The maximum absolute atomic E-state index is 12.3. The predicted octanol–water partition coefficient (Wildman–Crippen LogP) is 3.97. The number of amides is 1. The average molecular weight is 327 g/mol. The van der Waals surface area contributed by atoms with Crippen LogP contribution >= 0.6 is 15.9 Å². The Hall–Kier alpha value is -0.770. The third kappa shape index (κ3) is 3.62. The number of hydrogen-bond donors (Lipinski definition) is 1. The highest BCUT2D eigenvalue weighted by Crippen LogP contribution is 2.48. The standard InChI is InChI=1S/C15H23BrN2O/c1-3-5-15(6-7-15)11-17-14(19)13-9-12(16)10-18(13)8-4-2/h9-10H,3-8,11H2,1-2H3,(H,17,19). The number of halogens is 1. The van der Waals surface area contributed by atoms with Gasteiger partial charge in [-0.2, -0.15) is 0 Å². The van der Waals surface area contributed by atoms with Gasteiger partial charge in [-0.1, -0.05) is 20.3 Å². The molecule has 4 heteroatoms. The van der Waals surface area contributed by atoms with Gasteiger partial charge in [-0.15, -0.1) is 0 Å². The first-order valence-electron chi connectivity index (χ1n) is 7.24. The minimum atomic E-state index is 0.0570. The van der Waals surface area contributed by atoms with Crippen molar-refractivity contribution in [2.24, 2.45) is 5.41 Å². The zero-order valence-corrected chi connectivity index (χ0v) is 13.4. The molecule has 0 saturated heterocycles. The van der Waals surface area contributed by atoms with Crippen molar-refractivity contribution in [1.82, 2.24) is 9.88 Å². The highest BCUT2D eigenvalue weighted by molar-refractivity contribution is 9.10. The number of aryl methyl sites for hydroxylation is 1. The number of rotatable bonds is 7. The second-order valence-corrected chi connectivity index (χ2v) is 6.59. The Balaban J connectivity index is 1.96. The maximum Gasteiger partial charge on any atom is 0.267 e. The van der Waals surface area contributed by atoms with Crippen LogP contribution in [0, 0.1) is 5.41 Å². The quantitative estimate of drug-likeness (QED) is 0.808. The molecule has 0 bridgehead atoms. The molecule has 1 amide bonds. The number of hydrogen-bond acceptors (Lipinski definition) is 1. The summed E-state index contributed by atoms with van der Waals surface area (Å²) in [7, 11) is 0. The SMILES string of the molecule is CCCn1cc(Br)cc1C(=O)NCC1(CCC)CC1. The lowest BCUT2D eigenvalue weighted by Gasteiger charge is -2.15. The second-order valence-electron chi connectivity index (χ2n) is 5.67. The molecule has 1 saturated carbocycles. The van der Waals surface area contributed by atoms with Crippen molar-refractivity contribution in [1.29, 1.82) is 0 Å². The summed E-state index contributed by atoms with van der Waals surface area (Å²) in [4.78, 5) is 12.3. The van der Waals surface area contributed by atoms with Crippen molar-refractivity contribution in [3.63, 3.8) is 0 Å². The Kier molecular flexibility index (Phi) is 4.71. The van der Waals surface area contributed by atoms with Gasteiger partial charge in [0.2, 0.25) is 0 Å². The first-order chi connectivity index (χ1) is 9.10. The molecule has 0 radical (unpaired) electrons. The van der Waals surface area contributed by atoms with Gasteiger partial charge in [0.1, 0.15) is 5.69 Å². The summed E-state index contributed by atoms with van der Waals surface area (Å²) in [6, 6.07) is 1.91. The third-order valence-electron chi connectivity index (χ3n) is 3.92. The summed E-state index contributed by atoms with van der Waals surface area (Å²) in [5.74, 6) is 0.0570. The molecule has 0 spiro atoms. The van der Waals surface area contributed by atoms with Crippen molar-refractivity contribution < 1.29 is 4.79 Å². The van der Waals surface area contributed by atoms with E-state index in [1.165, 1.54) is 25.7 Å². The minimum Gasteiger partial charge on any atom is -0.350 e. The molecule has 1 aromatic heterocycles. The van der Waals surface area contributed by atoms with E-state index in [4.69, 9.17) is 0 Å². The molecule has 2 rings (SSSR count). The molecule has 19 heavy (non-hydrogen) atoms. The third-order valence-corrected chi connectivity index (χ3v) is 4.36. The fourth-order valence-corrected chi connectivity index (χ4v) is 3.14. The lowest BCUT2D eigenvalue weighted by molar-refractivity contribution is 0.0934. The fraction of sp³-hybridized carbons (Fsp3) is 0.667. The van der Waals surface area contributed by atoms with Crippen LogP contribution < -0.4 is 5.32 Å². The molecule has 1 fully saturated rings. The normalized spacial score (nSPS) is 16.4. The molecule has 1 heterocycles. The smallest absolute Gasteiger partial charge is 0.267 e. The summed E-state index contributed by atoms with van der Waals surface area (Å²) in [5.41, 5.74) is 1.17. The van der Waals surface area contributed by atoms with E-state index < -0.39 is 0 Å².